The highest BCUT2D eigenvalue weighted by Gasteiger charge is 2.15. The molecule has 0 unspecified atom stereocenters. The Morgan fingerprint density at radius 2 is 0.847 bits per heavy atom. The highest BCUT2D eigenvalue weighted by Crippen LogP contribution is 2.40. The zero-order valence-corrected chi connectivity index (χ0v) is 32.6. The van der Waals surface area contributed by atoms with Crippen LogP contribution in [0, 0.1) is 18.3 Å². The van der Waals surface area contributed by atoms with Gasteiger partial charge in [0, 0.05) is 10.9 Å². The molecule has 0 radical (unpaired) electrons. The van der Waals surface area contributed by atoms with Crippen molar-refractivity contribution in [3.8, 4) is 84.1 Å². The van der Waals surface area contributed by atoms with Gasteiger partial charge in [0.25, 0.3) is 0 Å². The fourth-order valence-electron chi connectivity index (χ4n) is 8.50. The van der Waals surface area contributed by atoms with Crippen LogP contribution in [0.15, 0.2) is 212 Å². The predicted octanol–water partition coefficient (Wildman–Crippen LogP) is 15.2. The normalized spacial score (nSPS) is 11.1. The first kappa shape index (κ1) is 35.5. The highest BCUT2D eigenvalue weighted by molar-refractivity contribution is 6.05. The van der Waals surface area contributed by atoms with E-state index in [1.54, 1.807) is 0 Å². The van der Waals surface area contributed by atoms with Crippen LogP contribution in [0.1, 0.15) is 11.1 Å². The molecule has 0 bridgehead atoms. The number of hydrogen-bond acceptors (Lipinski definition) is 2. The molecule has 0 aliphatic heterocycles. The van der Waals surface area contributed by atoms with Crippen molar-refractivity contribution in [1.29, 1.82) is 5.26 Å². The number of pyridine rings is 1. The van der Waals surface area contributed by atoms with E-state index in [2.05, 4.69) is 207 Å². The molecule has 9 aromatic carbocycles. The fraction of sp³-hybridized carbons (Fsp3) is 0.0175. The second kappa shape index (κ2) is 15.2. The zero-order chi connectivity index (χ0) is 39.7. The van der Waals surface area contributed by atoms with Crippen LogP contribution in [0.4, 0.5) is 0 Å². The van der Waals surface area contributed by atoms with E-state index < -0.39 is 0 Å². The van der Waals surface area contributed by atoms with E-state index in [9.17, 15) is 5.26 Å². The largest absolute Gasteiger partial charge is 0.248 e. The van der Waals surface area contributed by atoms with Crippen molar-refractivity contribution < 1.29 is 0 Å². The summed E-state index contributed by atoms with van der Waals surface area (Å²) in [5, 5.41) is 13.7. The Morgan fingerprint density at radius 1 is 0.339 bits per heavy atom. The van der Waals surface area contributed by atoms with E-state index in [4.69, 9.17) is 4.98 Å². The van der Waals surface area contributed by atoms with E-state index in [-0.39, 0.29) is 0 Å². The van der Waals surface area contributed by atoms with Crippen LogP contribution < -0.4 is 0 Å². The minimum Gasteiger partial charge on any atom is -0.248 e. The third-order valence-corrected chi connectivity index (χ3v) is 11.5. The summed E-state index contributed by atoms with van der Waals surface area (Å²) < 4.78 is 0. The first-order valence-electron chi connectivity index (χ1n) is 20.0. The molecule has 10 rings (SSSR count). The van der Waals surface area contributed by atoms with Crippen LogP contribution in [0.25, 0.3) is 99.7 Å². The molecule has 0 atom stereocenters. The minimum absolute atomic E-state index is 0.632. The second-order valence-corrected chi connectivity index (χ2v) is 15.1. The predicted molar refractivity (Wildman–Crippen MR) is 247 cm³/mol. The van der Waals surface area contributed by atoms with Gasteiger partial charge in [-0.25, -0.2) is 4.98 Å². The van der Waals surface area contributed by atoms with Crippen LogP contribution in [0.2, 0.25) is 0 Å². The molecule has 0 aliphatic rings. The van der Waals surface area contributed by atoms with Crippen LogP contribution in [0.5, 0.6) is 0 Å². The van der Waals surface area contributed by atoms with E-state index in [1.807, 2.05) is 18.2 Å². The number of benzene rings is 9. The number of nitriles is 1. The Labute approximate surface area is 345 Å². The van der Waals surface area contributed by atoms with Gasteiger partial charge in [-0.2, -0.15) is 5.26 Å². The molecule has 59 heavy (non-hydrogen) atoms. The number of para-hydroxylation sites is 1. The summed E-state index contributed by atoms with van der Waals surface area (Å²) in [7, 11) is 0. The smallest absolute Gasteiger partial charge is 0.0992 e. The summed E-state index contributed by atoms with van der Waals surface area (Å²) in [6, 6.07) is 77.4. The lowest BCUT2D eigenvalue weighted by molar-refractivity contribution is 1.40. The summed E-state index contributed by atoms with van der Waals surface area (Å²) >= 11 is 0. The first-order valence-corrected chi connectivity index (χ1v) is 20.0. The minimum atomic E-state index is 0.632. The summed E-state index contributed by atoms with van der Waals surface area (Å²) in [4.78, 5) is 5.08. The topological polar surface area (TPSA) is 36.7 Å². The van der Waals surface area contributed by atoms with Crippen molar-refractivity contribution in [2.24, 2.45) is 0 Å². The quantitative estimate of drug-likeness (QED) is 0.163. The van der Waals surface area contributed by atoms with Crippen LogP contribution >= 0.6 is 0 Å². The molecule has 1 aromatic heterocycles. The third kappa shape index (κ3) is 6.76. The molecule has 2 nitrogen and oxygen atoms in total. The molecule has 0 spiro atoms. The molecule has 0 fully saturated rings. The van der Waals surface area contributed by atoms with E-state index in [0.717, 1.165) is 71.9 Å². The molecule has 0 N–H and O–H groups in total. The molecule has 0 aliphatic carbocycles. The standard InChI is InChI=1S/C57H38N2/c1-38-13-5-6-16-47(38)51-18-8-7-17-48(51)42-25-23-40(24-26-42)45-33-39(37-58)34-46(35-45)50-32-31-49(52-19-9-10-20-53(50)52)43-27-29-44(30-28-43)57-36-55(41-14-3-2-4-15-41)54-21-11-12-22-56(54)59-57/h2-36H,1H3. The van der Waals surface area contributed by atoms with E-state index >= 15 is 0 Å². The van der Waals surface area contributed by atoms with Gasteiger partial charge in [-0.15, -0.1) is 0 Å². The average Bonchev–Trinajstić information content (AvgIpc) is 3.31. The van der Waals surface area contributed by atoms with Crippen LogP contribution in [-0.2, 0) is 0 Å². The van der Waals surface area contributed by atoms with E-state index in [0.29, 0.717) is 5.56 Å². The summed E-state index contributed by atoms with van der Waals surface area (Å²) in [5.41, 5.74) is 18.5. The van der Waals surface area contributed by atoms with Gasteiger partial charge in [-0.05, 0) is 120 Å². The number of aryl methyl sites for hydroxylation is 1. The van der Waals surface area contributed by atoms with Gasteiger partial charge in [-0.1, -0.05) is 182 Å². The molecule has 0 amide bonds. The Morgan fingerprint density at radius 3 is 1.54 bits per heavy atom. The molecular formula is C57H38N2. The maximum absolute atomic E-state index is 10.2. The monoisotopic (exact) mass is 750 g/mol. The van der Waals surface area contributed by atoms with Crippen LogP contribution in [-0.4, -0.2) is 4.98 Å². The Balaban J connectivity index is 0.992. The maximum Gasteiger partial charge on any atom is 0.0992 e. The number of hydrogen-bond donors (Lipinski definition) is 0. The fourth-order valence-corrected chi connectivity index (χ4v) is 8.50. The molecule has 10 aromatic rings. The Hall–Kier alpha value is -7.86. The van der Waals surface area contributed by atoms with Gasteiger partial charge in [0.2, 0.25) is 0 Å². The number of aromatic nitrogens is 1. The lowest BCUT2D eigenvalue weighted by Crippen LogP contribution is -1.91. The second-order valence-electron chi connectivity index (χ2n) is 15.1. The van der Waals surface area contributed by atoms with Gasteiger partial charge in [0.1, 0.15) is 0 Å². The zero-order valence-electron chi connectivity index (χ0n) is 32.6. The molecule has 0 saturated heterocycles. The summed E-state index contributed by atoms with van der Waals surface area (Å²) in [6.45, 7) is 2.16. The number of fused-ring (bicyclic) bond motifs is 2. The van der Waals surface area contributed by atoms with Gasteiger partial charge < -0.3 is 0 Å². The molecule has 1 heterocycles. The van der Waals surface area contributed by atoms with Gasteiger partial charge >= 0.3 is 0 Å². The lowest BCUT2D eigenvalue weighted by Gasteiger charge is -2.15. The van der Waals surface area contributed by atoms with Crippen molar-refractivity contribution in [2.75, 3.05) is 0 Å². The lowest BCUT2D eigenvalue weighted by atomic mass is 9.89. The van der Waals surface area contributed by atoms with E-state index in [1.165, 1.54) is 33.4 Å². The SMILES string of the molecule is Cc1ccccc1-c1ccccc1-c1ccc(-c2cc(C#N)cc(-c3ccc(-c4ccc(-c5cc(-c6ccccc6)c6ccccc6n5)cc4)c4ccccc34)c2)cc1. The van der Waals surface area contributed by atoms with Crippen molar-refractivity contribution in [2.45, 2.75) is 6.92 Å². The third-order valence-electron chi connectivity index (χ3n) is 11.5. The Kier molecular flexibility index (Phi) is 9.18. The summed E-state index contributed by atoms with van der Waals surface area (Å²) in [6.07, 6.45) is 0. The van der Waals surface area contributed by atoms with Gasteiger partial charge in [-0.3, -0.25) is 0 Å². The molecular weight excluding hydrogens is 713 g/mol. The Bertz CT molecular complexity index is 3210. The first-order chi connectivity index (χ1) is 29.1. The maximum atomic E-state index is 10.2. The van der Waals surface area contributed by atoms with Gasteiger partial charge in [0.15, 0.2) is 0 Å². The van der Waals surface area contributed by atoms with Crippen molar-refractivity contribution in [3.63, 3.8) is 0 Å². The molecule has 2 heteroatoms. The molecule has 0 saturated carbocycles. The number of rotatable bonds is 7. The van der Waals surface area contributed by atoms with Gasteiger partial charge in [0.05, 0.1) is 22.8 Å². The molecule has 276 valence electrons. The van der Waals surface area contributed by atoms with Crippen molar-refractivity contribution >= 4 is 21.7 Å². The average molecular weight is 751 g/mol. The highest BCUT2D eigenvalue weighted by atomic mass is 14.7. The van der Waals surface area contributed by atoms with Crippen molar-refractivity contribution in [1.82, 2.24) is 4.98 Å². The number of nitrogens with zero attached hydrogens (tertiary/aromatic N) is 2. The summed E-state index contributed by atoms with van der Waals surface area (Å²) in [5.74, 6) is 0. The van der Waals surface area contributed by atoms with Crippen LogP contribution in [0.3, 0.4) is 0 Å². The van der Waals surface area contributed by atoms with Crippen molar-refractivity contribution in [3.05, 3.63) is 223 Å².